The number of amidine groups is 1. The van der Waals surface area contributed by atoms with Gasteiger partial charge in [-0.15, -0.1) is 0 Å². The average Bonchev–Trinajstić information content (AvgIpc) is 3.03. The molecule has 1 fully saturated rings. The Balaban J connectivity index is 1.90. The van der Waals surface area contributed by atoms with E-state index in [1.165, 1.54) is 12.0 Å². The first-order chi connectivity index (χ1) is 14.5. The number of carbonyl (C=O) groups excluding carboxylic acids is 3. The minimum atomic E-state index is -0.606. The quantitative estimate of drug-likeness (QED) is 0.519. The summed E-state index contributed by atoms with van der Waals surface area (Å²) in [6.07, 6.45) is 1.16. The number of carbonyl (C=O) groups is 3. The number of thioether (sulfide) groups is 1. The highest BCUT2D eigenvalue weighted by atomic mass is 32.2. The number of ether oxygens (including phenoxy) is 2. The van der Waals surface area contributed by atoms with Crippen molar-refractivity contribution in [1.82, 2.24) is 4.90 Å². The number of esters is 2. The molecule has 1 aliphatic rings. The van der Waals surface area contributed by atoms with Crippen molar-refractivity contribution >= 4 is 40.5 Å². The van der Waals surface area contributed by atoms with Crippen LogP contribution in [0.3, 0.4) is 0 Å². The second-order valence-electron chi connectivity index (χ2n) is 6.17. The van der Waals surface area contributed by atoms with Crippen molar-refractivity contribution in [3.63, 3.8) is 0 Å². The van der Waals surface area contributed by atoms with E-state index in [2.05, 4.69) is 9.73 Å². The van der Waals surface area contributed by atoms with E-state index < -0.39 is 11.9 Å². The van der Waals surface area contributed by atoms with E-state index in [0.29, 0.717) is 29.6 Å². The summed E-state index contributed by atoms with van der Waals surface area (Å²) in [4.78, 5) is 42.6. The van der Waals surface area contributed by atoms with E-state index >= 15 is 0 Å². The fourth-order valence-electron chi connectivity index (χ4n) is 2.66. The maximum absolute atomic E-state index is 12.9. The molecule has 0 unspecified atom stereocenters. The average molecular weight is 424 g/mol. The van der Waals surface area contributed by atoms with Gasteiger partial charge in [0.1, 0.15) is 0 Å². The zero-order valence-electron chi connectivity index (χ0n) is 16.5. The van der Waals surface area contributed by atoms with E-state index in [9.17, 15) is 14.4 Å². The van der Waals surface area contributed by atoms with Crippen LogP contribution < -0.4 is 0 Å². The van der Waals surface area contributed by atoms with Gasteiger partial charge in [-0.1, -0.05) is 30.3 Å². The van der Waals surface area contributed by atoms with Crippen LogP contribution in [0.1, 0.15) is 22.8 Å². The minimum absolute atomic E-state index is 0.236. The molecule has 0 bridgehead atoms. The van der Waals surface area contributed by atoms with Crippen LogP contribution in [-0.2, 0) is 25.6 Å². The van der Waals surface area contributed by atoms with Crippen molar-refractivity contribution in [2.45, 2.75) is 13.5 Å². The third-order valence-electron chi connectivity index (χ3n) is 4.12. The third kappa shape index (κ3) is 5.15. The lowest BCUT2D eigenvalue weighted by atomic mass is 10.2. The summed E-state index contributed by atoms with van der Waals surface area (Å²) >= 11 is 1.10. The first-order valence-electron chi connectivity index (χ1n) is 9.21. The molecule has 154 valence electrons. The number of hydrogen-bond acceptors (Lipinski definition) is 7. The first kappa shape index (κ1) is 21.3. The SMILES string of the molecule is CCOC(=O)c1ccc(N=C2S/C(=C/C(=O)OC)C(=O)N2Cc2ccccc2)cc1. The Morgan fingerprint density at radius 3 is 2.43 bits per heavy atom. The van der Waals surface area contributed by atoms with Crippen molar-refractivity contribution in [3.8, 4) is 0 Å². The Morgan fingerprint density at radius 1 is 1.10 bits per heavy atom. The van der Waals surface area contributed by atoms with Crippen LogP contribution in [0.4, 0.5) is 5.69 Å². The van der Waals surface area contributed by atoms with E-state index in [4.69, 9.17) is 4.74 Å². The topological polar surface area (TPSA) is 85.3 Å². The lowest BCUT2D eigenvalue weighted by Crippen LogP contribution is -2.28. The van der Waals surface area contributed by atoms with E-state index in [1.54, 1.807) is 31.2 Å². The van der Waals surface area contributed by atoms with Crippen molar-refractivity contribution in [1.29, 1.82) is 0 Å². The van der Waals surface area contributed by atoms with Gasteiger partial charge < -0.3 is 9.47 Å². The number of amides is 1. The Hall–Kier alpha value is -3.39. The molecule has 2 aromatic rings. The van der Waals surface area contributed by atoms with Gasteiger partial charge in [0, 0.05) is 6.08 Å². The highest BCUT2D eigenvalue weighted by molar-refractivity contribution is 8.18. The molecule has 1 heterocycles. The smallest absolute Gasteiger partial charge is 0.338 e. The molecule has 1 saturated heterocycles. The Morgan fingerprint density at radius 2 is 1.80 bits per heavy atom. The maximum atomic E-state index is 12.9. The molecule has 0 atom stereocenters. The summed E-state index contributed by atoms with van der Waals surface area (Å²) in [6, 6.07) is 16.1. The number of rotatable bonds is 6. The molecular weight excluding hydrogens is 404 g/mol. The van der Waals surface area contributed by atoms with Crippen LogP contribution in [0.2, 0.25) is 0 Å². The number of methoxy groups -OCH3 is 1. The molecule has 7 nitrogen and oxygen atoms in total. The summed E-state index contributed by atoms with van der Waals surface area (Å²) in [5.74, 6) is -1.34. The second-order valence-corrected chi connectivity index (χ2v) is 7.18. The van der Waals surface area contributed by atoms with E-state index in [0.717, 1.165) is 23.4 Å². The summed E-state index contributed by atoms with van der Waals surface area (Å²) in [5.41, 5.74) is 1.91. The number of aliphatic imine (C=N–C) groups is 1. The Kier molecular flexibility index (Phi) is 7.03. The van der Waals surface area contributed by atoms with Gasteiger partial charge in [0.15, 0.2) is 5.17 Å². The van der Waals surface area contributed by atoms with Crippen LogP contribution >= 0.6 is 11.8 Å². The molecule has 1 amide bonds. The molecule has 0 spiro atoms. The Bertz CT molecular complexity index is 1000. The predicted octanol–water partition coefficient (Wildman–Crippen LogP) is 3.68. The van der Waals surface area contributed by atoms with Gasteiger partial charge in [-0.3, -0.25) is 9.69 Å². The molecule has 1 aliphatic heterocycles. The number of hydrogen-bond donors (Lipinski definition) is 0. The van der Waals surface area contributed by atoms with Crippen LogP contribution in [0.15, 0.2) is 70.6 Å². The highest BCUT2D eigenvalue weighted by Crippen LogP contribution is 2.34. The third-order valence-corrected chi connectivity index (χ3v) is 5.13. The number of nitrogens with zero attached hydrogens (tertiary/aromatic N) is 2. The van der Waals surface area contributed by atoms with Crippen molar-refractivity contribution in [2.75, 3.05) is 13.7 Å². The minimum Gasteiger partial charge on any atom is -0.466 e. The van der Waals surface area contributed by atoms with Crippen molar-refractivity contribution in [3.05, 3.63) is 76.7 Å². The van der Waals surface area contributed by atoms with Gasteiger partial charge in [-0.25, -0.2) is 14.6 Å². The van der Waals surface area contributed by atoms with Crippen molar-refractivity contribution in [2.24, 2.45) is 4.99 Å². The lowest BCUT2D eigenvalue weighted by molar-refractivity contribution is -0.135. The van der Waals surface area contributed by atoms with Gasteiger partial charge in [-0.2, -0.15) is 0 Å². The molecule has 3 rings (SSSR count). The predicted molar refractivity (Wildman–Crippen MR) is 114 cm³/mol. The first-order valence-corrected chi connectivity index (χ1v) is 10.0. The zero-order chi connectivity index (χ0) is 21.5. The van der Waals surface area contributed by atoms with Gasteiger partial charge in [0.25, 0.3) is 5.91 Å². The van der Waals surface area contributed by atoms with Gasteiger partial charge >= 0.3 is 11.9 Å². The largest absolute Gasteiger partial charge is 0.466 e. The van der Waals surface area contributed by atoms with Crippen LogP contribution in [0.5, 0.6) is 0 Å². The maximum Gasteiger partial charge on any atom is 0.338 e. The summed E-state index contributed by atoms with van der Waals surface area (Å²) in [5, 5.41) is 0.433. The highest BCUT2D eigenvalue weighted by Gasteiger charge is 2.34. The molecule has 2 aromatic carbocycles. The van der Waals surface area contributed by atoms with Crippen LogP contribution in [-0.4, -0.2) is 41.6 Å². The van der Waals surface area contributed by atoms with E-state index in [1.807, 2.05) is 30.3 Å². The molecule has 30 heavy (non-hydrogen) atoms. The van der Waals surface area contributed by atoms with Gasteiger partial charge in [0.2, 0.25) is 0 Å². The van der Waals surface area contributed by atoms with Crippen molar-refractivity contribution < 1.29 is 23.9 Å². The summed E-state index contributed by atoms with van der Waals surface area (Å²) < 4.78 is 9.62. The second kappa shape index (κ2) is 9.89. The lowest BCUT2D eigenvalue weighted by Gasteiger charge is -2.15. The summed E-state index contributed by atoms with van der Waals surface area (Å²) in [7, 11) is 1.26. The monoisotopic (exact) mass is 424 g/mol. The zero-order valence-corrected chi connectivity index (χ0v) is 17.3. The molecule has 0 radical (unpaired) electrons. The molecule has 0 N–H and O–H groups in total. The molecule has 0 aromatic heterocycles. The van der Waals surface area contributed by atoms with Crippen LogP contribution in [0, 0.1) is 0 Å². The van der Waals surface area contributed by atoms with Gasteiger partial charge in [-0.05, 0) is 48.5 Å². The summed E-state index contributed by atoms with van der Waals surface area (Å²) in [6.45, 7) is 2.35. The standard InChI is InChI=1S/C22H20N2O5S/c1-3-29-21(27)16-9-11-17(12-10-16)23-22-24(14-15-7-5-4-6-8-15)20(26)18(30-22)13-19(25)28-2/h4-13H,3,14H2,1-2H3/b18-13+,23-22?. The van der Waals surface area contributed by atoms with Gasteiger partial charge in [0.05, 0.1) is 36.4 Å². The Labute approximate surface area is 178 Å². The normalized spacial score (nSPS) is 16.2. The fourth-order valence-corrected chi connectivity index (χ4v) is 3.62. The molecule has 8 heteroatoms. The molecular formula is C22H20N2O5S. The molecule has 0 aliphatic carbocycles. The number of benzene rings is 2. The fraction of sp³-hybridized carbons (Fsp3) is 0.182. The van der Waals surface area contributed by atoms with E-state index in [-0.39, 0.29) is 10.8 Å². The molecule has 0 saturated carbocycles. The van der Waals surface area contributed by atoms with Crippen LogP contribution in [0.25, 0.3) is 0 Å².